The normalized spacial score (nSPS) is 10.3. The van der Waals surface area contributed by atoms with Gasteiger partial charge in [-0.1, -0.05) is 29.8 Å². The highest BCUT2D eigenvalue weighted by Crippen LogP contribution is 2.16. The Morgan fingerprint density at radius 1 is 1.27 bits per heavy atom. The SMILES string of the molecule is Cc1cccc(-c2cc(F)c[nH]c2=O)c1. The third-order valence-corrected chi connectivity index (χ3v) is 2.20. The second-order valence-corrected chi connectivity index (χ2v) is 3.43. The molecule has 0 fully saturated rings. The van der Waals surface area contributed by atoms with E-state index in [4.69, 9.17) is 0 Å². The van der Waals surface area contributed by atoms with Crippen molar-refractivity contribution >= 4 is 0 Å². The molecule has 0 radical (unpaired) electrons. The molecule has 15 heavy (non-hydrogen) atoms. The molecule has 1 heterocycles. The van der Waals surface area contributed by atoms with Crippen LogP contribution in [-0.4, -0.2) is 4.98 Å². The molecule has 0 spiro atoms. The first-order valence-corrected chi connectivity index (χ1v) is 4.62. The van der Waals surface area contributed by atoms with E-state index in [-0.39, 0.29) is 5.56 Å². The monoisotopic (exact) mass is 203 g/mol. The van der Waals surface area contributed by atoms with Gasteiger partial charge in [-0.15, -0.1) is 0 Å². The predicted molar refractivity (Wildman–Crippen MR) is 57.2 cm³/mol. The van der Waals surface area contributed by atoms with Gasteiger partial charge < -0.3 is 4.98 Å². The largest absolute Gasteiger partial charge is 0.326 e. The molecule has 2 aromatic rings. The topological polar surface area (TPSA) is 32.9 Å². The molecule has 1 aromatic heterocycles. The van der Waals surface area contributed by atoms with E-state index in [9.17, 15) is 9.18 Å². The van der Waals surface area contributed by atoms with Crippen molar-refractivity contribution in [2.45, 2.75) is 6.92 Å². The number of halogens is 1. The molecule has 0 atom stereocenters. The second kappa shape index (κ2) is 3.69. The minimum absolute atomic E-state index is 0.276. The van der Waals surface area contributed by atoms with Crippen molar-refractivity contribution in [2.24, 2.45) is 0 Å². The summed E-state index contributed by atoms with van der Waals surface area (Å²) in [4.78, 5) is 13.8. The van der Waals surface area contributed by atoms with Gasteiger partial charge in [0.1, 0.15) is 5.82 Å². The molecule has 3 heteroatoms. The summed E-state index contributed by atoms with van der Waals surface area (Å²) in [6.07, 6.45) is 1.06. The van der Waals surface area contributed by atoms with E-state index >= 15 is 0 Å². The van der Waals surface area contributed by atoms with Crippen molar-refractivity contribution in [3.05, 3.63) is 58.3 Å². The van der Waals surface area contributed by atoms with Crippen LogP contribution < -0.4 is 5.56 Å². The first-order valence-electron chi connectivity index (χ1n) is 4.62. The Morgan fingerprint density at radius 2 is 2.07 bits per heavy atom. The highest BCUT2D eigenvalue weighted by molar-refractivity contribution is 5.62. The molecule has 0 aliphatic carbocycles. The summed E-state index contributed by atoms with van der Waals surface area (Å²) in [5, 5.41) is 0. The average Bonchev–Trinajstić information content (AvgIpc) is 2.22. The highest BCUT2D eigenvalue weighted by atomic mass is 19.1. The fourth-order valence-corrected chi connectivity index (χ4v) is 1.48. The van der Waals surface area contributed by atoms with E-state index in [1.54, 1.807) is 6.07 Å². The maximum absolute atomic E-state index is 13.0. The number of rotatable bonds is 1. The lowest BCUT2D eigenvalue weighted by atomic mass is 10.1. The molecule has 0 aliphatic heterocycles. The number of aryl methyl sites for hydroxylation is 1. The Labute approximate surface area is 86.4 Å². The molecular formula is C12H10FNO. The zero-order valence-corrected chi connectivity index (χ0v) is 8.25. The minimum atomic E-state index is -0.439. The Balaban J connectivity index is 2.63. The van der Waals surface area contributed by atoms with E-state index < -0.39 is 5.82 Å². The van der Waals surface area contributed by atoms with Crippen LogP contribution in [0.5, 0.6) is 0 Å². The number of nitrogens with one attached hydrogen (secondary N) is 1. The van der Waals surface area contributed by atoms with Gasteiger partial charge in [-0.25, -0.2) is 4.39 Å². The maximum atomic E-state index is 13.0. The molecule has 0 saturated heterocycles. The molecule has 0 bridgehead atoms. The standard InChI is InChI=1S/C12H10FNO/c1-8-3-2-4-9(5-8)11-6-10(13)7-14-12(11)15/h2-7H,1H3,(H,14,15). The van der Waals surface area contributed by atoms with Gasteiger partial charge in [0.2, 0.25) is 0 Å². The minimum Gasteiger partial charge on any atom is -0.326 e. The van der Waals surface area contributed by atoms with Crippen molar-refractivity contribution in [1.82, 2.24) is 4.98 Å². The molecule has 0 aliphatic rings. The third-order valence-electron chi connectivity index (χ3n) is 2.20. The predicted octanol–water partition coefficient (Wildman–Crippen LogP) is 2.49. The van der Waals surface area contributed by atoms with Crippen LogP contribution in [0.1, 0.15) is 5.56 Å². The molecular weight excluding hydrogens is 193 g/mol. The maximum Gasteiger partial charge on any atom is 0.256 e. The van der Waals surface area contributed by atoms with Gasteiger partial charge in [-0.05, 0) is 18.6 Å². The van der Waals surface area contributed by atoms with Gasteiger partial charge in [0.05, 0.1) is 0 Å². The number of benzene rings is 1. The number of aromatic amines is 1. The summed E-state index contributed by atoms with van der Waals surface area (Å²) >= 11 is 0. The highest BCUT2D eigenvalue weighted by Gasteiger charge is 2.04. The summed E-state index contributed by atoms with van der Waals surface area (Å²) in [7, 11) is 0. The summed E-state index contributed by atoms with van der Waals surface area (Å²) in [6, 6.07) is 8.65. The molecule has 1 N–H and O–H groups in total. The Bertz CT molecular complexity index is 545. The van der Waals surface area contributed by atoms with Crippen LogP contribution >= 0.6 is 0 Å². The van der Waals surface area contributed by atoms with Crippen molar-refractivity contribution in [1.29, 1.82) is 0 Å². The molecule has 76 valence electrons. The lowest BCUT2D eigenvalue weighted by molar-refractivity contribution is 0.621. The average molecular weight is 203 g/mol. The van der Waals surface area contributed by atoms with Crippen molar-refractivity contribution in [3.63, 3.8) is 0 Å². The second-order valence-electron chi connectivity index (χ2n) is 3.43. The number of hydrogen-bond donors (Lipinski definition) is 1. The molecule has 0 saturated carbocycles. The summed E-state index contributed by atoms with van der Waals surface area (Å²) in [5.41, 5.74) is 1.85. The molecule has 2 rings (SSSR count). The smallest absolute Gasteiger partial charge is 0.256 e. The van der Waals surface area contributed by atoms with Gasteiger partial charge in [0, 0.05) is 11.8 Å². The summed E-state index contributed by atoms with van der Waals surface area (Å²) in [5.74, 6) is -0.439. The van der Waals surface area contributed by atoms with Gasteiger partial charge in [-0.3, -0.25) is 4.79 Å². The van der Waals surface area contributed by atoms with Gasteiger partial charge >= 0.3 is 0 Å². The Morgan fingerprint density at radius 3 is 2.80 bits per heavy atom. The van der Waals surface area contributed by atoms with Crippen LogP contribution in [0.4, 0.5) is 4.39 Å². The van der Waals surface area contributed by atoms with Crippen LogP contribution in [0.3, 0.4) is 0 Å². The van der Waals surface area contributed by atoms with Crippen LogP contribution in [0, 0.1) is 12.7 Å². The number of H-pyrrole nitrogens is 1. The summed E-state index contributed by atoms with van der Waals surface area (Å²) < 4.78 is 13.0. The molecule has 2 nitrogen and oxygen atoms in total. The van der Waals surface area contributed by atoms with Gasteiger partial charge in [0.25, 0.3) is 5.56 Å². The Hall–Kier alpha value is -1.90. The first kappa shape index (κ1) is 9.65. The zero-order valence-electron chi connectivity index (χ0n) is 8.25. The number of hydrogen-bond acceptors (Lipinski definition) is 1. The quantitative estimate of drug-likeness (QED) is 0.758. The van der Waals surface area contributed by atoms with Crippen molar-refractivity contribution in [3.8, 4) is 11.1 Å². The Kier molecular flexibility index (Phi) is 2.37. The van der Waals surface area contributed by atoms with Crippen LogP contribution in [0.15, 0.2) is 41.3 Å². The van der Waals surface area contributed by atoms with Gasteiger partial charge in [0.15, 0.2) is 0 Å². The zero-order chi connectivity index (χ0) is 10.8. The van der Waals surface area contributed by atoms with Crippen molar-refractivity contribution in [2.75, 3.05) is 0 Å². The van der Waals surface area contributed by atoms with E-state index in [1.807, 2.05) is 25.1 Å². The van der Waals surface area contributed by atoms with Crippen LogP contribution in [-0.2, 0) is 0 Å². The molecule has 0 unspecified atom stereocenters. The van der Waals surface area contributed by atoms with E-state index in [0.29, 0.717) is 5.56 Å². The van der Waals surface area contributed by atoms with E-state index in [0.717, 1.165) is 17.3 Å². The fraction of sp³-hybridized carbons (Fsp3) is 0.0833. The first-order chi connectivity index (χ1) is 7.16. The van der Waals surface area contributed by atoms with Crippen LogP contribution in [0.2, 0.25) is 0 Å². The lowest BCUT2D eigenvalue weighted by Crippen LogP contribution is -2.08. The molecule has 0 amide bonds. The van der Waals surface area contributed by atoms with E-state index in [2.05, 4.69) is 4.98 Å². The van der Waals surface area contributed by atoms with Crippen molar-refractivity contribution < 1.29 is 4.39 Å². The lowest BCUT2D eigenvalue weighted by Gasteiger charge is -2.01. The fourth-order valence-electron chi connectivity index (χ4n) is 1.48. The number of pyridine rings is 1. The third kappa shape index (κ3) is 1.96. The van der Waals surface area contributed by atoms with Crippen LogP contribution in [0.25, 0.3) is 11.1 Å². The van der Waals surface area contributed by atoms with Gasteiger partial charge in [-0.2, -0.15) is 0 Å². The summed E-state index contributed by atoms with van der Waals surface area (Å²) in [6.45, 7) is 1.93. The molecule has 1 aromatic carbocycles. The van der Waals surface area contributed by atoms with E-state index in [1.165, 1.54) is 6.07 Å². The number of aromatic nitrogens is 1.